The van der Waals surface area contributed by atoms with E-state index in [0.29, 0.717) is 22.9 Å². The van der Waals surface area contributed by atoms with Crippen LogP contribution in [0.5, 0.6) is 0 Å². The summed E-state index contributed by atoms with van der Waals surface area (Å²) in [6.07, 6.45) is -0.831. The third kappa shape index (κ3) is 2.21. The number of rotatable bonds is 3. The molecule has 0 bridgehead atoms. The van der Waals surface area contributed by atoms with Gasteiger partial charge in [-0.2, -0.15) is 5.10 Å². The Hall–Kier alpha value is -1.78. The first kappa shape index (κ1) is 13.2. The average Bonchev–Trinajstić information content (AvgIpc) is 3.00. The van der Waals surface area contributed by atoms with E-state index in [1.165, 1.54) is 0 Å². The second kappa shape index (κ2) is 4.96. The van der Waals surface area contributed by atoms with E-state index in [0.717, 1.165) is 16.8 Å². The van der Waals surface area contributed by atoms with Crippen molar-refractivity contribution in [1.29, 1.82) is 0 Å². The molecule has 104 valence electrons. The molecule has 1 N–H and O–H groups in total. The fourth-order valence-corrected chi connectivity index (χ4v) is 2.53. The first-order chi connectivity index (χ1) is 9.58. The minimum Gasteiger partial charge on any atom is -0.458 e. The highest BCUT2D eigenvalue weighted by molar-refractivity contribution is 6.31. The molecular formula is C15H15ClN2O2. The van der Waals surface area contributed by atoms with E-state index in [9.17, 15) is 5.11 Å². The van der Waals surface area contributed by atoms with Crippen LogP contribution in [0.25, 0.3) is 11.0 Å². The SMILES string of the molecule is CCn1nc(C)cc1C(O)c1cc2cc(Cl)ccc2o1. The van der Waals surface area contributed by atoms with Crippen LogP contribution in [0.1, 0.15) is 30.2 Å². The Morgan fingerprint density at radius 1 is 1.35 bits per heavy atom. The van der Waals surface area contributed by atoms with Gasteiger partial charge in [0.2, 0.25) is 0 Å². The van der Waals surface area contributed by atoms with Gasteiger partial charge in [-0.15, -0.1) is 0 Å². The molecule has 1 unspecified atom stereocenters. The zero-order valence-electron chi connectivity index (χ0n) is 11.3. The van der Waals surface area contributed by atoms with E-state index in [-0.39, 0.29) is 0 Å². The second-order valence-electron chi connectivity index (χ2n) is 4.76. The van der Waals surface area contributed by atoms with Crippen molar-refractivity contribution in [3.63, 3.8) is 0 Å². The van der Waals surface area contributed by atoms with Gasteiger partial charge in [0.05, 0.1) is 11.4 Å². The molecule has 0 radical (unpaired) electrons. The summed E-state index contributed by atoms with van der Waals surface area (Å²) in [5, 5.41) is 16.4. The molecule has 2 aromatic heterocycles. The van der Waals surface area contributed by atoms with E-state index < -0.39 is 6.10 Å². The summed E-state index contributed by atoms with van der Waals surface area (Å²) in [7, 11) is 0. The number of aryl methyl sites for hydroxylation is 2. The highest BCUT2D eigenvalue weighted by atomic mass is 35.5. The molecule has 0 fully saturated rings. The standard InChI is InChI=1S/C15H15ClN2O2/c1-3-18-12(6-9(2)17-18)15(19)14-8-10-7-11(16)4-5-13(10)20-14/h4-8,15,19H,3H2,1-2H3. The van der Waals surface area contributed by atoms with E-state index in [1.807, 2.05) is 32.0 Å². The van der Waals surface area contributed by atoms with Crippen LogP contribution in [0.4, 0.5) is 0 Å². The zero-order valence-corrected chi connectivity index (χ0v) is 12.1. The maximum absolute atomic E-state index is 10.5. The Kier molecular flexibility index (Phi) is 3.28. The predicted molar refractivity (Wildman–Crippen MR) is 77.9 cm³/mol. The lowest BCUT2D eigenvalue weighted by molar-refractivity contribution is 0.181. The molecule has 0 saturated heterocycles. The minimum atomic E-state index is -0.831. The van der Waals surface area contributed by atoms with Crippen molar-refractivity contribution in [2.24, 2.45) is 0 Å². The van der Waals surface area contributed by atoms with Gasteiger partial charge in [0.1, 0.15) is 11.3 Å². The number of hydrogen-bond donors (Lipinski definition) is 1. The Labute approximate surface area is 121 Å². The quantitative estimate of drug-likeness (QED) is 0.800. The lowest BCUT2D eigenvalue weighted by atomic mass is 10.1. The van der Waals surface area contributed by atoms with Crippen LogP contribution in [-0.2, 0) is 6.54 Å². The number of fused-ring (bicyclic) bond motifs is 1. The highest BCUT2D eigenvalue weighted by Gasteiger charge is 2.20. The first-order valence-corrected chi connectivity index (χ1v) is 6.87. The molecule has 1 atom stereocenters. The van der Waals surface area contributed by atoms with E-state index in [2.05, 4.69) is 5.10 Å². The number of nitrogens with zero attached hydrogens (tertiary/aromatic N) is 2. The number of benzene rings is 1. The fourth-order valence-electron chi connectivity index (χ4n) is 2.35. The predicted octanol–water partition coefficient (Wildman–Crippen LogP) is 3.69. The molecule has 0 aliphatic rings. The number of furan rings is 1. The summed E-state index contributed by atoms with van der Waals surface area (Å²) in [6.45, 7) is 4.59. The van der Waals surface area contributed by atoms with Gasteiger partial charge in [-0.05, 0) is 44.2 Å². The molecule has 5 heteroatoms. The largest absolute Gasteiger partial charge is 0.458 e. The van der Waals surface area contributed by atoms with Gasteiger partial charge in [0, 0.05) is 17.0 Å². The molecule has 4 nitrogen and oxygen atoms in total. The molecule has 3 aromatic rings. The summed E-state index contributed by atoms with van der Waals surface area (Å²) in [4.78, 5) is 0. The van der Waals surface area contributed by atoms with Gasteiger partial charge in [-0.25, -0.2) is 0 Å². The molecule has 2 heterocycles. The number of halogens is 1. The summed E-state index contributed by atoms with van der Waals surface area (Å²) < 4.78 is 7.48. The molecule has 0 saturated carbocycles. The van der Waals surface area contributed by atoms with Crippen LogP contribution in [0.15, 0.2) is 34.7 Å². The van der Waals surface area contributed by atoms with Crippen LogP contribution in [0.3, 0.4) is 0 Å². The van der Waals surface area contributed by atoms with Gasteiger partial charge in [-0.1, -0.05) is 11.6 Å². The van der Waals surface area contributed by atoms with Crippen molar-refractivity contribution < 1.29 is 9.52 Å². The molecule has 0 amide bonds. The maximum atomic E-state index is 10.5. The van der Waals surface area contributed by atoms with Gasteiger partial charge < -0.3 is 9.52 Å². The van der Waals surface area contributed by atoms with Gasteiger partial charge in [0.15, 0.2) is 6.10 Å². The molecular weight excluding hydrogens is 276 g/mol. The van der Waals surface area contributed by atoms with Crippen molar-refractivity contribution in [3.8, 4) is 0 Å². The zero-order chi connectivity index (χ0) is 14.3. The molecule has 0 aliphatic heterocycles. The van der Waals surface area contributed by atoms with Crippen LogP contribution in [0, 0.1) is 6.92 Å². The Bertz CT molecular complexity index is 760. The minimum absolute atomic E-state index is 0.497. The Morgan fingerprint density at radius 3 is 2.90 bits per heavy atom. The van der Waals surface area contributed by atoms with Crippen molar-refractivity contribution in [2.45, 2.75) is 26.5 Å². The van der Waals surface area contributed by atoms with Crippen LogP contribution in [0.2, 0.25) is 5.02 Å². The smallest absolute Gasteiger partial charge is 0.153 e. The summed E-state index contributed by atoms with van der Waals surface area (Å²) >= 11 is 5.96. The number of hydrogen-bond acceptors (Lipinski definition) is 3. The van der Waals surface area contributed by atoms with E-state index in [1.54, 1.807) is 16.8 Å². The van der Waals surface area contributed by atoms with Crippen molar-refractivity contribution in [2.75, 3.05) is 0 Å². The first-order valence-electron chi connectivity index (χ1n) is 6.50. The Balaban J connectivity index is 2.05. The van der Waals surface area contributed by atoms with Gasteiger partial charge >= 0.3 is 0 Å². The lowest BCUT2D eigenvalue weighted by Gasteiger charge is -2.09. The topological polar surface area (TPSA) is 51.2 Å². The third-order valence-electron chi connectivity index (χ3n) is 3.28. The average molecular weight is 291 g/mol. The lowest BCUT2D eigenvalue weighted by Crippen LogP contribution is -2.08. The van der Waals surface area contributed by atoms with Crippen LogP contribution < -0.4 is 0 Å². The van der Waals surface area contributed by atoms with Gasteiger partial charge in [-0.3, -0.25) is 4.68 Å². The molecule has 20 heavy (non-hydrogen) atoms. The maximum Gasteiger partial charge on any atom is 0.153 e. The Morgan fingerprint density at radius 2 is 2.15 bits per heavy atom. The normalized spacial score (nSPS) is 13.0. The number of aliphatic hydroxyl groups is 1. The summed E-state index contributed by atoms with van der Waals surface area (Å²) in [5.41, 5.74) is 2.32. The van der Waals surface area contributed by atoms with Crippen molar-refractivity contribution in [3.05, 3.63) is 52.5 Å². The fraction of sp³-hybridized carbons (Fsp3) is 0.267. The molecule has 1 aromatic carbocycles. The molecule has 0 aliphatic carbocycles. The van der Waals surface area contributed by atoms with E-state index >= 15 is 0 Å². The van der Waals surface area contributed by atoms with Crippen molar-refractivity contribution >= 4 is 22.6 Å². The number of aromatic nitrogens is 2. The number of aliphatic hydroxyl groups excluding tert-OH is 1. The monoisotopic (exact) mass is 290 g/mol. The van der Waals surface area contributed by atoms with Gasteiger partial charge in [0.25, 0.3) is 0 Å². The highest BCUT2D eigenvalue weighted by Crippen LogP contribution is 2.30. The summed E-state index contributed by atoms with van der Waals surface area (Å²) in [5.74, 6) is 0.497. The van der Waals surface area contributed by atoms with Crippen molar-refractivity contribution in [1.82, 2.24) is 9.78 Å². The second-order valence-corrected chi connectivity index (χ2v) is 5.20. The molecule has 0 spiro atoms. The summed E-state index contributed by atoms with van der Waals surface area (Å²) in [6, 6.07) is 9.07. The van der Waals surface area contributed by atoms with Crippen LogP contribution in [-0.4, -0.2) is 14.9 Å². The van der Waals surface area contributed by atoms with Crippen LogP contribution >= 0.6 is 11.6 Å². The molecule has 3 rings (SSSR count). The third-order valence-corrected chi connectivity index (χ3v) is 3.51. The van der Waals surface area contributed by atoms with E-state index in [4.69, 9.17) is 16.0 Å².